The topological polar surface area (TPSA) is 53.6 Å². The molecule has 2 amide bonds. The molecule has 0 aromatic heterocycles. The van der Waals surface area contributed by atoms with E-state index in [9.17, 15) is 9.18 Å². The zero-order valence-electron chi connectivity index (χ0n) is 12.8. The third-order valence-electron chi connectivity index (χ3n) is 4.70. The minimum Gasteiger partial charge on any atom is -0.497 e. The molecule has 22 heavy (non-hydrogen) atoms. The number of nitrogens with zero attached hydrogens (tertiary/aromatic N) is 1. The monoisotopic (exact) mass is 307 g/mol. The van der Waals surface area contributed by atoms with Gasteiger partial charge in [-0.1, -0.05) is 0 Å². The number of carbonyl (C=O) groups is 1. The van der Waals surface area contributed by atoms with E-state index in [4.69, 9.17) is 4.74 Å². The van der Waals surface area contributed by atoms with Gasteiger partial charge in [0.25, 0.3) is 0 Å². The van der Waals surface area contributed by atoms with E-state index in [0.29, 0.717) is 5.75 Å². The number of carbonyl (C=O) groups excluding carboxylic acids is 1. The molecule has 1 atom stereocenters. The van der Waals surface area contributed by atoms with Gasteiger partial charge in [0.15, 0.2) is 0 Å². The molecule has 1 unspecified atom stereocenters. The zero-order chi connectivity index (χ0) is 15.6. The van der Waals surface area contributed by atoms with Crippen molar-refractivity contribution in [1.29, 1.82) is 0 Å². The van der Waals surface area contributed by atoms with E-state index in [0.717, 1.165) is 45.4 Å². The highest BCUT2D eigenvalue weighted by Gasteiger charge is 2.39. The van der Waals surface area contributed by atoms with Crippen LogP contribution in [0.1, 0.15) is 19.3 Å². The summed E-state index contributed by atoms with van der Waals surface area (Å²) in [6.45, 7) is 3.43. The highest BCUT2D eigenvalue weighted by Crippen LogP contribution is 2.35. The number of rotatable bonds is 2. The Morgan fingerprint density at radius 1 is 1.45 bits per heavy atom. The van der Waals surface area contributed by atoms with Crippen molar-refractivity contribution in [2.45, 2.75) is 19.3 Å². The number of likely N-dealkylation sites (tertiary alicyclic amines) is 1. The molecule has 1 aromatic carbocycles. The number of benzene rings is 1. The average Bonchev–Trinajstić information content (AvgIpc) is 2.97. The fourth-order valence-electron chi connectivity index (χ4n) is 3.45. The van der Waals surface area contributed by atoms with E-state index in [1.807, 2.05) is 0 Å². The lowest BCUT2D eigenvalue weighted by atomic mass is 9.79. The number of amides is 2. The summed E-state index contributed by atoms with van der Waals surface area (Å²) in [5, 5.41) is 6.05. The summed E-state index contributed by atoms with van der Waals surface area (Å²) in [5.74, 6) is 0.0650. The van der Waals surface area contributed by atoms with Crippen LogP contribution in [0.15, 0.2) is 18.2 Å². The summed E-state index contributed by atoms with van der Waals surface area (Å²) in [6, 6.07) is 4.10. The van der Waals surface area contributed by atoms with Gasteiger partial charge in [-0.05, 0) is 37.9 Å². The van der Waals surface area contributed by atoms with Crippen molar-refractivity contribution in [2.75, 3.05) is 38.6 Å². The van der Waals surface area contributed by atoms with E-state index >= 15 is 0 Å². The van der Waals surface area contributed by atoms with E-state index in [2.05, 4.69) is 10.6 Å². The van der Waals surface area contributed by atoms with E-state index in [-0.39, 0.29) is 17.1 Å². The van der Waals surface area contributed by atoms with Gasteiger partial charge in [-0.3, -0.25) is 0 Å². The van der Waals surface area contributed by atoms with Gasteiger partial charge in [0.2, 0.25) is 0 Å². The molecular formula is C16H22FN3O2. The first kappa shape index (κ1) is 15.1. The number of anilines is 1. The van der Waals surface area contributed by atoms with Crippen LogP contribution in [0.25, 0.3) is 0 Å². The third-order valence-corrected chi connectivity index (χ3v) is 4.70. The van der Waals surface area contributed by atoms with Crippen molar-refractivity contribution in [3.05, 3.63) is 24.0 Å². The molecule has 0 radical (unpaired) electrons. The quantitative estimate of drug-likeness (QED) is 0.882. The Kier molecular flexibility index (Phi) is 4.20. The molecule has 2 aliphatic heterocycles. The minimum atomic E-state index is -0.455. The third kappa shape index (κ3) is 3.02. The van der Waals surface area contributed by atoms with Gasteiger partial charge >= 0.3 is 6.03 Å². The summed E-state index contributed by atoms with van der Waals surface area (Å²) in [4.78, 5) is 14.2. The van der Waals surface area contributed by atoms with Crippen molar-refractivity contribution in [3.8, 4) is 5.75 Å². The lowest BCUT2D eigenvalue weighted by molar-refractivity contribution is 0.125. The molecule has 6 heteroatoms. The van der Waals surface area contributed by atoms with Gasteiger partial charge in [-0.25, -0.2) is 9.18 Å². The molecule has 0 saturated carbocycles. The Hall–Kier alpha value is -1.82. The number of hydrogen-bond acceptors (Lipinski definition) is 3. The van der Waals surface area contributed by atoms with E-state index in [1.54, 1.807) is 4.90 Å². The van der Waals surface area contributed by atoms with Crippen LogP contribution >= 0.6 is 0 Å². The first-order chi connectivity index (χ1) is 10.6. The smallest absolute Gasteiger partial charge is 0.321 e. The largest absolute Gasteiger partial charge is 0.497 e. The molecule has 0 bridgehead atoms. The zero-order valence-corrected chi connectivity index (χ0v) is 12.8. The number of halogens is 1. The van der Waals surface area contributed by atoms with Crippen LogP contribution in [-0.2, 0) is 0 Å². The van der Waals surface area contributed by atoms with Gasteiger partial charge in [0.1, 0.15) is 11.6 Å². The van der Waals surface area contributed by atoms with Gasteiger partial charge in [-0.2, -0.15) is 0 Å². The number of piperidine rings is 1. The molecule has 120 valence electrons. The normalized spacial score (nSPS) is 24.5. The van der Waals surface area contributed by atoms with Crippen LogP contribution in [0.4, 0.5) is 14.9 Å². The molecule has 2 heterocycles. The molecular weight excluding hydrogens is 285 g/mol. The van der Waals surface area contributed by atoms with Gasteiger partial charge < -0.3 is 20.3 Å². The molecule has 1 aromatic rings. The molecule has 2 saturated heterocycles. The number of ether oxygens (including phenoxy) is 1. The van der Waals surface area contributed by atoms with Crippen LogP contribution < -0.4 is 15.4 Å². The highest BCUT2D eigenvalue weighted by atomic mass is 19.1. The van der Waals surface area contributed by atoms with Crippen LogP contribution in [0.5, 0.6) is 5.75 Å². The van der Waals surface area contributed by atoms with Gasteiger partial charge in [-0.15, -0.1) is 0 Å². The van der Waals surface area contributed by atoms with Crippen LogP contribution in [0.3, 0.4) is 0 Å². The minimum absolute atomic E-state index is 0.161. The second-order valence-corrected chi connectivity index (χ2v) is 6.23. The summed E-state index contributed by atoms with van der Waals surface area (Å²) < 4.78 is 18.9. The molecule has 1 spiro atoms. The van der Waals surface area contributed by atoms with Crippen molar-refractivity contribution >= 4 is 11.7 Å². The Labute approximate surface area is 129 Å². The summed E-state index contributed by atoms with van der Waals surface area (Å²) in [7, 11) is 1.51. The first-order valence-corrected chi connectivity index (χ1v) is 7.72. The lowest BCUT2D eigenvalue weighted by Gasteiger charge is -2.39. The Bertz CT molecular complexity index is 558. The second-order valence-electron chi connectivity index (χ2n) is 6.23. The number of nitrogens with one attached hydrogen (secondary N) is 2. The van der Waals surface area contributed by atoms with Crippen LogP contribution in [0, 0.1) is 11.2 Å². The van der Waals surface area contributed by atoms with E-state index < -0.39 is 5.82 Å². The number of methoxy groups -OCH3 is 1. The van der Waals surface area contributed by atoms with E-state index in [1.165, 1.54) is 25.3 Å². The predicted octanol–water partition coefficient (Wildman–Crippen LogP) is 2.44. The molecule has 2 fully saturated rings. The van der Waals surface area contributed by atoms with Crippen molar-refractivity contribution < 1.29 is 13.9 Å². The molecule has 3 rings (SSSR count). The highest BCUT2D eigenvalue weighted by molar-refractivity contribution is 5.89. The van der Waals surface area contributed by atoms with Gasteiger partial charge in [0.05, 0.1) is 12.8 Å². The number of urea groups is 1. The first-order valence-electron chi connectivity index (χ1n) is 7.72. The fraction of sp³-hybridized carbons (Fsp3) is 0.562. The second kappa shape index (κ2) is 6.12. The Morgan fingerprint density at radius 3 is 3.05 bits per heavy atom. The molecule has 2 N–H and O–H groups in total. The number of hydrogen-bond donors (Lipinski definition) is 2. The summed E-state index contributed by atoms with van der Waals surface area (Å²) in [6.07, 6.45) is 3.25. The maximum absolute atomic E-state index is 13.8. The molecule has 0 aliphatic carbocycles. The van der Waals surface area contributed by atoms with Crippen LogP contribution in [-0.4, -0.2) is 44.2 Å². The standard InChI is InChI=1S/C16H22FN3O2/c1-22-12-3-4-13(17)14(9-12)19-15(21)20-8-2-5-16(11-20)6-7-18-10-16/h3-4,9,18H,2,5-8,10-11H2,1H3,(H,19,21). The van der Waals surface area contributed by atoms with Crippen molar-refractivity contribution in [2.24, 2.45) is 5.41 Å². The van der Waals surface area contributed by atoms with Crippen molar-refractivity contribution in [3.63, 3.8) is 0 Å². The average molecular weight is 307 g/mol. The molecule has 5 nitrogen and oxygen atoms in total. The fourth-order valence-corrected chi connectivity index (χ4v) is 3.45. The SMILES string of the molecule is COc1ccc(F)c(NC(=O)N2CCCC3(CCNC3)C2)c1. The summed E-state index contributed by atoms with van der Waals surface area (Å²) in [5.41, 5.74) is 0.358. The Balaban J connectivity index is 1.69. The van der Waals surface area contributed by atoms with Crippen molar-refractivity contribution in [1.82, 2.24) is 10.2 Å². The van der Waals surface area contributed by atoms with Crippen LogP contribution in [0.2, 0.25) is 0 Å². The maximum atomic E-state index is 13.8. The Morgan fingerprint density at radius 2 is 2.32 bits per heavy atom. The summed E-state index contributed by atoms with van der Waals surface area (Å²) >= 11 is 0. The van der Waals surface area contributed by atoms with Gasteiger partial charge in [0, 0.05) is 31.1 Å². The predicted molar refractivity (Wildman–Crippen MR) is 82.7 cm³/mol. The lowest BCUT2D eigenvalue weighted by Crippen LogP contribution is -2.48. The molecule has 2 aliphatic rings. The maximum Gasteiger partial charge on any atom is 0.321 e.